The highest BCUT2D eigenvalue weighted by Crippen LogP contribution is 2.29. The van der Waals surface area contributed by atoms with Crippen molar-refractivity contribution in [3.05, 3.63) is 39.3 Å². The van der Waals surface area contributed by atoms with E-state index in [2.05, 4.69) is 12.0 Å². The van der Waals surface area contributed by atoms with Crippen LogP contribution in [0.4, 0.5) is 0 Å². The minimum Gasteiger partial charge on any atom is -0.318 e. The van der Waals surface area contributed by atoms with Gasteiger partial charge in [0, 0.05) is 17.6 Å². The molecule has 0 spiro atoms. The van der Waals surface area contributed by atoms with Crippen LogP contribution in [0.1, 0.15) is 30.0 Å². The first kappa shape index (κ1) is 11.6. The van der Waals surface area contributed by atoms with E-state index >= 15 is 0 Å². The molecule has 0 radical (unpaired) electrons. The Morgan fingerprint density at radius 1 is 1.50 bits per heavy atom. The van der Waals surface area contributed by atoms with E-state index in [1.54, 1.807) is 6.20 Å². The molecule has 0 saturated heterocycles. The van der Waals surface area contributed by atoms with Gasteiger partial charge in [-0.15, -0.1) is 11.3 Å². The van der Waals surface area contributed by atoms with Crippen LogP contribution in [0.25, 0.3) is 0 Å². The Morgan fingerprint density at radius 3 is 2.94 bits per heavy atom. The molecule has 0 amide bonds. The van der Waals surface area contributed by atoms with Gasteiger partial charge in [-0.25, -0.2) is 0 Å². The van der Waals surface area contributed by atoms with Crippen molar-refractivity contribution in [1.29, 1.82) is 0 Å². The van der Waals surface area contributed by atoms with Crippen LogP contribution in [0.2, 0.25) is 4.34 Å². The molecule has 0 saturated carbocycles. The molecular formula is C11H14ClN3S. The summed E-state index contributed by atoms with van der Waals surface area (Å²) in [5.74, 6) is 0. The summed E-state index contributed by atoms with van der Waals surface area (Å²) in [7, 11) is 0. The quantitative estimate of drug-likeness (QED) is 0.913. The van der Waals surface area contributed by atoms with E-state index in [0.29, 0.717) is 0 Å². The van der Waals surface area contributed by atoms with Crippen LogP contribution in [-0.2, 0) is 6.54 Å². The van der Waals surface area contributed by atoms with Crippen LogP contribution in [-0.4, -0.2) is 9.78 Å². The number of hydrogen-bond donors (Lipinski definition) is 1. The average Bonchev–Trinajstić information content (AvgIpc) is 2.87. The minimum absolute atomic E-state index is 0.133. The highest BCUT2D eigenvalue weighted by atomic mass is 35.5. The summed E-state index contributed by atoms with van der Waals surface area (Å²) in [5.41, 5.74) is 7.24. The zero-order valence-corrected chi connectivity index (χ0v) is 10.6. The van der Waals surface area contributed by atoms with Crippen LogP contribution in [0.3, 0.4) is 0 Å². The lowest BCUT2D eigenvalue weighted by Gasteiger charge is -2.12. The number of hydrogen-bond acceptors (Lipinski definition) is 3. The van der Waals surface area contributed by atoms with Crippen molar-refractivity contribution in [3.63, 3.8) is 0 Å². The Bertz CT molecular complexity index is 463. The lowest BCUT2D eigenvalue weighted by atomic mass is 10.2. The van der Waals surface area contributed by atoms with Crippen molar-refractivity contribution in [3.8, 4) is 0 Å². The summed E-state index contributed by atoms with van der Waals surface area (Å²) < 4.78 is 2.73. The molecule has 3 nitrogen and oxygen atoms in total. The Kier molecular flexibility index (Phi) is 3.63. The van der Waals surface area contributed by atoms with Gasteiger partial charge in [-0.3, -0.25) is 4.68 Å². The number of nitrogens with two attached hydrogens (primary N) is 1. The van der Waals surface area contributed by atoms with Crippen LogP contribution in [0.5, 0.6) is 0 Å². The van der Waals surface area contributed by atoms with Crippen molar-refractivity contribution < 1.29 is 0 Å². The average molecular weight is 256 g/mol. The zero-order chi connectivity index (χ0) is 11.5. The molecule has 0 aliphatic heterocycles. The fourth-order valence-electron chi connectivity index (χ4n) is 1.65. The number of aromatic nitrogens is 2. The molecule has 0 aromatic carbocycles. The molecule has 2 rings (SSSR count). The molecule has 0 aliphatic carbocycles. The predicted molar refractivity (Wildman–Crippen MR) is 67.9 cm³/mol. The third-order valence-corrected chi connectivity index (χ3v) is 3.72. The van der Waals surface area contributed by atoms with Crippen LogP contribution in [0.15, 0.2) is 24.4 Å². The van der Waals surface area contributed by atoms with Crippen LogP contribution < -0.4 is 5.73 Å². The van der Waals surface area contributed by atoms with E-state index in [-0.39, 0.29) is 6.04 Å². The molecule has 2 N–H and O–H groups in total. The fraction of sp³-hybridized carbons (Fsp3) is 0.364. The summed E-state index contributed by atoms with van der Waals surface area (Å²) in [6, 6.07) is 5.68. The van der Waals surface area contributed by atoms with E-state index in [9.17, 15) is 0 Å². The molecule has 0 fully saturated rings. The van der Waals surface area contributed by atoms with Crippen molar-refractivity contribution in [1.82, 2.24) is 9.78 Å². The smallest absolute Gasteiger partial charge is 0.0931 e. The zero-order valence-electron chi connectivity index (χ0n) is 9.06. The van der Waals surface area contributed by atoms with Crippen molar-refractivity contribution in [2.45, 2.75) is 25.9 Å². The summed E-state index contributed by atoms with van der Waals surface area (Å²) in [6.45, 7) is 3.02. The standard InChI is InChI=1S/C11H14ClN3S/c1-2-7-15-8(5-6-14-15)11(13)9-3-4-10(12)16-9/h3-6,11H,2,7,13H2,1H3. The molecule has 2 heterocycles. The van der Waals surface area contributed by atoms with Gasteiger partial charge >= 0.3 is 0 Å². The first-order valence-corrected chi connectivity index (χ1v) is 6.44. The van der Waals surface area contributed by atoms with E-state index in [1.165, 1.54) is 11.3 Å². The second-order valence-corrected chi connectivity index (χ2v) is 5.35. The summed E-state index contributed by atoms with van der Waals surface area (Å²) in [6.07, 6.45) is 2.84. The van der Waals surface area contributed by atoms with Gasteiger partial charge < -0.3 is 5.73 Å². The molecule has 1 unspecified atom stereocenters. The third kappa shape index (κ3) is 2.29. The normalized spacial score (nSPS) is 12.9. The predicted octanol–water partition coefficient (Wildman–Crippen LogP) is 3.06. The molecular weight excluding hydrogens is 242 g/mol. The van der Waals surface area contributed by atoms with Gasteiger partial charge in [0.25, 0.3) is 0 Å². The van der Waals surface area contributed by atoms with Gasteiger partial charge in [0.1, 0.15) is 0 Å². The van der Waals surface area contributed by atoms with Gasteiger partial charge in [0.15, 0.2) is 0 Å². The maximum atomic E-state index is 6.20. The van der Waals surface area contributed by atoms with E-state index in [0.717, 1.165) is 27.9 Å². The Hall–Kier alpha value is -0.840. The maximum Gasteiger partial charge on any atom is 0.0931 e. The van der Waals surface area contributed by atoms with E-state index in [1.807, 2.05) is 22.9 Å². The van der Waals surface area contributed by atoms with Crippen molar-refractivity contribution in [2.24, 2.45) is 5.73 Å². The Morgan fingerprint density at radius 2 is 2.31 bits per heavy atom. The number of thiophene rings is 1. The second-order valence-electron chi connectivity index (χ2n) is 3.60. The number of halogens is 1. The van der Waals surface area contributed by atoms with E-state index < -0.39 is 0 Å². The van der Waals surface area contributed by atoms with Gasteiger partial charge in [-0.1, -0.05) is 18.5 Å². The number of rotatable bonds is 4. The summed E-state index contributed by atoms with van der Waals surface area (Å²) >= 11 is 7.43. The molecule has 2 aromatic heterocycles. The SMILES string of the molecule is CCCn1nccc1C(N)c1ccc(Cl)s1. The van der Waals surface area contributed by atoms with Crippen molar-refractivity contribution in [2.75, 3.05) is 0 Å². The number of nitrogens with zero attached hydrogens (tertiary/aromatic N) is 2. The minimum atomic E-state index is -0.133. The molecule has 1 atom stereocenters. The maximum absolute atomic E-state index is 6.20. The van der Waals surface area contributed by atoms with Gasteiger partial charge in [0.05, 0.1) is 16.1 Å². The molecule has 5 heteroatoms. The summed E-state index contributed by atoms with van der Waals surface area (Å²) in [4.78, 5) is 1.07. The van der Waals surface area contributed by atoms with Gasteiger partial charge in [-0.05, 0) is 24.6 Å². The molecule has 86 valence electrons. The monoisotopic (exact) mass is 255 g/mol. The lowest BCUT2D eigenvalue weighted by molar-refractivity contribution is 0.561. The Labute approximate surface area is 104 Å². The third-order valence-electron chi connectivity index (χ3n) is 2.40. The van der Waals surface area contributed by atoms with Crippen molar-refractivity contribution >= 4 is 22.9 Å². The first-order valence-electron chi connectivity index (χ1n) is 5.25. The summed E-state index contributed by atoms with van der Waals surface area (Å²) in [5, 5.41) is 4.27. The van der Waals surface area contributed by atoms with Crippen LogP contribution in [0, 0.1) is 0 Å². The highest BCUT2D eigenvalue weighted by Gasteiger charge is 2.15. The van der Waals surface area contributed by atoms with Crippen LogP contribution >= 0.6 is 22.9 Å². The fourth-order valence-corrected chi connectivity index (χ4v) is 2.72. The molecule has 0 aliphatic rings. The molecule has 0 bridgehead atoms. The second kappa shape index (κ2) is 4.99. The molecule has 16 heavy (non-hydrogen) atoms. The van der Waals surface area contributed by atoms with Gasteiger partial charge in [-0.2, -0.15) is 5.10 Å². The Balaban J connectivity index is 2.26. The largest absolute Gasteiger partial charge is 0.318 e. The number of aryl methyl sites for hydroxylation is 1. The first-order chi connectivity index (χ1) is 7.72. The van der Waals surface area contributed by atoms with Gasteiger partial charge in [0.2, 0.25) is 0 Å². The topological polar surface area (TPSA) is 43.8 Å². The lowest BCUT2D eigenvalue weighted by Crippen LogP contribution is -2.16. The highest BCUT2D eigenvalue weighted by molar-refractivity contribution is 7.16. The van der Waals surface area contributed by atoms with E-state index in [4.69, 9.17) is 17.3 Å². The molecule has 2 aromatic rings.